The number of nitrogens with zero attached hydrogens (tertiary/aromatic N) is 1. The number of carbonyl (C=O) groups is 2. The first-order chi connectivity index (χ1) is 20.6. The van der Waals surface area contributed by atoms with Gasteiger partial charge in [0, 0.05) is 34.5 Å². The Morgan fingerprint density at radius 3 is 2.42 bits per heavy atom. The van der Waals surface area contributed by atoms with Gasteiger partial charge in [0.1, 0.15) is 12.0 Å². The van der Waals surface area contributed by atoms with E-state index >= 15 is 0 Å². The molecular weight excluding hydrogens is 538 g/mol. The number of rotatable bonds is 5. The monoisotopic (exact) mass is 583 g/mol. The van der Waals surface area contributed by atoms with Gasteiger partial charge in [0.15, 0.2) is 0 Å². The van der Waals surface area contributed by atoms with Crippen LogP contribution in [0, 0.1) is 16.7 Å². The second-order valence-corrected chi connectivity index (χ2v) is 14.4. The van der Waals surface area contributed by atoms with E-state index in [0.717, 1.165) is 53.5 Å². The van der Waals surface area contributed by atoms with Crippen LogP contribution >= 0.6 is 0 Å². The fraction of sp³-hybridized carbons (Fsp3) is 0.556. The van der Waals surface area contributed by atoms with Crippen molar-refractivity contribution in [3.63, 3.8) is 0 Å². The molecule has 0 spiro atoms. The first-order valence-corrected chi connectivity index (χ1v) is 16.2. The van der Waals surface area contributed by atoms with Gasteiger partial charge in [0.2, 0.25) is 11.8 Å². The Bertz CT molecular complexity index is 1600. The van der Waals surface area contributed by atoms with Gasteiger partial charge >= 0.3 is 0 Å². The zero-order valence-electron chi connectivity index (χ0n) is 26.0. The van der Waals surface area contributed by atoms with E-state index in [1.165, 1.54) is 36.9 Å². The average molecular weight is 584 g/mol. The minimum atomic E-state index is -0.767. The van der Waals surface area contributed by atoms with E-state index in [9.17, 15) is 9.59 Å². The van der Waals surface area contributed by atoms with Crippen molar-refractivity contribution in [2.75, 3.05) is 7.11 Å². The van der Waals surface area contributed by atoms with E-state index in [1.54, 1.807) is 7.11 Å². The third-order valence-electron chi connectivity index (χ3n) is 11.3. The Morgan fingerprint density at radius 1 is 1.00 bits per heavy atom. The van der Waals surface area contributed by atoms with Gasteiger partial charge in [-0.1, -0.05) is 45.6 Å². The predicted octanol–water partition coefficient (Wildman–Crippen LogP) is 6.69. The van der Waals surface area contributed by atoms with Crippen LogP contribution in [0.25, 0.3) is 22.2 Å². The smallest absolute Gasteiger partial charge is 0.248 e. The van der Waals surface area contributed by atoms with E-state index in [-0.39, 0.29) is 23.7 Å². The molecule has 3 fully saturated rings. The number of aromatic nitrogens is 1. The molecule has 2 aliphatic heterocycles. The van der Waals surface area contributed by atoms with Crippen LogP contribution in [0.4, 0.5) is 0 Å². The Morgan fingerprint density at radius 2 is 1.77 bits per heavy atom. The molecule has 0 radical (unpaired) electrons. The van der Waals surface area contributed by atoms with Gasteiger partial charge in [0.25, 0.3) is 0 Å². The standard InChI is InChI=1S/C36H45N3O4/c1-35(2)27-15-16-29(35)43-33(27)38-34(41)36(3)19-23-17-24(42-4)12-14-25(23)31-30(21-9-7-5-6-8-10-21)26-13-11-22(32(37)40)18-28(26)39(31)20-36/h11-14,17-18,21,27,29,33H,5-10,15-16,19-20H2,1-4H3,(H2,37,40)(H,38,41)/t27?,29?,33-,36+/m1/s1. The number of hydrogen-bond acceptors (Lipinski definition) is 4. The quantitative estimate of drug-likeness (QED) is 0.327. The normalized spacial score (nSPS) is 28.1. The van der Waals surface area contributed by atoms with Crippen molar-refractivity contribution in [3.8, 4) is 17.0 Å². The molecule has 3 aromatic rings. The fourth-order valence-electron chi connectivity index (χ4n) is 8.83. The van der Waals surface area contributed by atoms with Gasteiger partial charge in [-0.25, -0.2) is 0 Å². The number of nitrogens with one attached hydrogen (secondary N) is 1. The molecule has 2 aliphatic carbocycles. The Balaban J connectivity index is 1.40. The number of primary amides is 1. The van der Waals surface area contributed by atoms with E-state index in [0.29, 0.717) is 30.4 Å². The molecule has 7 heteroatoms. The molecule has 4 atom stereocenters. The van der Waals surface area contributed by atoms with E-state index in [4.69, 9.17) is 15.2 Å². The summed E-state index contributed by atoms with van der Waals surface area (Å²) in [4.78, 5) is 26.8. The van der Waals surface area contributed by atoms with Gasteiger partial charge in [-0.15, -0.1) is 0 Å². The van der Waals surface area contributed by atoms with E-state index in [2.05, 4.69) is 48.9 Å². The first kappa shape index (κ1) is 28.5. The molecule has 2 saturated carbocycles. The summed E-state index contributed by atoms with van der Waals surface area (Å²) in [7, 11) is 1.69. The summed E-state index contributed by atoms with van der Waals surface area (Å²) in [6.45, 7) is 7.09. The van der Waals surface area contributed by atoms with Crippen molar-refractivity contribution in [3.05, 3.63) is 53.1 Å². The SMILES string of the molecule is COc1ccc2c(c1)C[C@](C)(C(=O)N[C@@H]1OC3CCC1C3(C)C)Cn1c-2c(C2CCCCCC2)c2ccc(C(N)=O)cc21. The van der Waals surface area contributed by atoms with Crippen molar-refractivity contribution < 1.29 is 19.1 Å². The number of benzene rings is 2. The third-order valence-corrected chi connectivity index (χ3v) is 11.3. The lowest BCUT2D eigenvalue weighted by Crippen LogP contribution is -2.49. The number of ether oxygens (including phenoxy) is 2. The minimum absolute atomic E-state index is 0.00592. The topological polar surface area (TPSA) is 95.6 Å². The molecule has 7 rings (SSSR count). The second kappa shape index (κ2) is 10.4. The third kappa shape index (κ3) is 4.57. The first-order valence-electron chi connectivity index (χ1n) is 16.2. The zero-order valence-corrected chi connectivity index (χ0v) is 26.0. The molecule has 2 amide bonds. The summed E-state index contributed by atoms with van der Waals surface area (Å²) >= 11 is 0. The van der Waals surface area contributed by atoms with Gasteiger partial charge in [-0.3, -0.25) is 9.59 Å². The summed E-state index contributed by atoms with van der Waals surface area (Å²) in [6, 6.07) is 12.2. The van der Waals surface area contributed by atoms with E-state index in [1.807, 2.05) is 18.2 Å². The average Bonchev–Trinajstić information content (AvgIpc) is 3.35. The molecule has 2 aromatic carbocycles. The summed E-state index contributed by atoms with van der Waals surface area (Å²) in [5, 5.41) is 4.53. The highest BCUT2D eigenvalue weighted by atomic mass is 16.5. The van der Waals surface area contributed by atoms with Crippen molar-refractivity contribution in [1.29, 1.82) is 0 Å². The van der Waals surface area contributed by atoms with Crippen molar-refractivity contribution in [2.45, 2.75) is 103 Å². The van der Waals surface area contributed by atoms with Crippen LogP contribution in [-0.4, -0.2) is 35.8 Å². The van der Waals surface area contributed by atoms with Crippen LogP contribution in [0.5, 0.6) is 5.75 Å². The molecule has 2 bridgehead atoms. The number of hydrogen-bond donors (Lipinski definition) is 2. The molecule has 43 heavy (non-hydrogen) atoms. The lowest BCUT2D eigenvalue weighted by atomic mass is 9.79. The Labute approximate surface area is 254 Å². The number of amides is 2. The van der Waals surface area contributed by atoms with Crippen LogP contribution in [-0.2, 0) is 22.5 Å². The number of fused-ring (bicyclic) bond motifs is 7. The van der Waals surface area contributed by atoms with Crippen molar-refractivity contribution >= 4 is 22.7 Å². The summed E-state index contributed by atoms with van der Waals surface area (Å²) < 4.78 is 14.4. The van der Waals surface area contributed by atoms with Crippen LogP contribution in [0.15, 0.2) is 36.4 Å². The number of methoxy groups -OCH3 is 1. The van der Waals surface area contributed by atoms with Gasteiger partial charge in [-0.2, -0.15) is 0 Å². The van der Waals surface area contributed by atoms with Crippen molar-refractivity contribution in [2.24, 2.45) is 22.5 Å². The zero-order chi connectivity index (χ0) is 30.1. The predicted molar refractivity (Wildman–Crippen MR) is 168 cm³/mol. The van der Waals surface area contributed by atoms with Gasteiger partial charge in [-0.05, 0) is 91.8 Å². The lowest BCUT2D eigenvalue weighted by molar-refractivity contribution is -0.137. The van der Waals surface area contributed by atoms with Crippen LogP contribution in [0.1, 0.15) is 99.5 Å². The van der Waals surface area contributed by atoms with Crippen LogP contribution in [0.2, 0.25) is 0 Å². The highest BCUT2D eigenvalue weighted by Gasteiger charge is 2.56. The largest absolute Gasteiger partial charge is 0.497 e. The summed E-state index contributed by atoms with van der Waals surface area (Å²) in [5.74, 6) is 1.08. The minimum Gasteiger partial charge on any atom is -0.497 e. The molecular formula is C36H45N3O4. The second-order valence-electron chi connectivity index (χ2n) is 14.4. The molecule has 1 saturated heterocycles. The molecule has 3 N–H and O–H groups in total. The highest BCUT2D eigenvalue weighted by molar-refractivity contribution is 6.00. The maximum Gasteiger partial charge on any atom is 0.248 e. The Hall–Kier alpha value is -3.32. The maximum absolute atomic E-state index is 14.4. The van der Waals surface area contributed by atoms with Crippen LogP contribution in [0.3, 0.4) is 0 Å². The maximum atomic E-state index is 14.4. The molecule has 2 unspecified atom stereocenters. The highest BCUT2D eigenvalue weighted by Crippen LogP contribution is 2.53. The van der Waals surface area contributed by atoms with Crippen LogP contribution < -0.4 is 15.8 Å². The van der Waals surface area contributed by atoms with E-state index < -0.39 is 11.3 Å². The molecule has 1 aromatic heterocycles. The number of carbonyl (C=O) groups excluding carboxylic acids is 2. The Kier molecular flexibility index (Phi) is 6.88. The van der Waals surface area contributed by atoms with Gasteiger partial charge in [0.05, 0.1) is 24.3 Å². The lowest BCUT2D eigenvalue weighted by Gasteiger charge is -2.32. The molecule has 228 valence electrons. The van der Waals surface area contributed by atoms with Gasteiger partial charge < -0.3 is 25.1 Å². The van der Waals surface area contributed by atoms with Crippen molar-refractivity contribution in [1.82, 2.24) is 9.88 Å². The summed E-state index contributed by atoms with van der Waals surface area (Å²) in [6.07, 6.45) is 9.86. The molecule has 4 aliphatic rings. The fourth-order valence-corrected chi connectivity index (χ4v) is 8.83. The molecule has 3 heterocycles. The molecule has 7 nitrogen and oxygen atoms in total. The number of nitrogens with two attached hydrogens (primary N) is 1. The summed E-state index contributed by atoms with van der Waals surface area (Å²) in [5.41, 5.74) is 11.3.